The molecule has 0 bridgehead atoms. The van der Waals surface area contributed by atoms with Crippen molar-refractivity contribution in [3.05, 3.63) is 24.0 Å². The van der Waals surface area contributed by atoms with Crippen molar-refractivity contribution >= 4 is 11.8 Å². The first-order chi connectivity index (χ1) is 12.0. The smallest absolute Gasteiger partial charge is 0.267 e. The predicted octanol–water partition coefficient (Wildman–Crippen LogP) is 1.42. The lowest BCUT2D eigenvalue weighted by atomic mass is 9.78. The molecule has 6 heteroatoms. The maximum atomic E-state index is 12.3. The van der Waals surface area contributed by atoms with Gasteiger partial charge in [0.25, 0.3) is 5.91 Å². The highest BCUT2D eigenvalue weighted by Gasteiger charge is 2.56. The highest BCUT2D eigenvalue weighted by molar-refractivity contribution is 5.92. The van der Waals surface area contributed by atoms with Gasteiger partial charge < -0.3 is 19.5 Å². The maximum absolute atomic E-state index is 12.3. The van der Waals surface area contributed by atoms with Crippen LogP contribution in [0.15, 0.2) is 18.3 Å². The molecule has 2 saturated heterocycles. The Bertz CT molecular complexity index is 677. The van der Waals surface area contributed by atoms with Crippen molar-refractivity contribution in [2.24, 2.45) is 24.8 Å². The van der Waals surface area contributed by atoms with Crippen molar-refractivity contribution in [3.8, 4) is 0 Å². The molecule has 4 rings (SSSR count). The van der Waals surface area contributed by atoms with E-state index >= 15 is 0 Å². The molecule has 0 unspecified atom stereocenters. The summed E-state index contributed by atoms with van der Waals surface area (Å²) in [5.74, 6) is 1.50. The van der Waals surface area contributed by atoms with Crippen molar-refractivity contribution in [2.45, 2.75) is 31.8 Å². The van der Waals surface area contributed by atoms with Crippen LogP contribution >= 0.6 is 0 Å². The summed E-state index contributed by atoms with van der Waals surface area (Å²) in [6.45, 7) is 5.01. The zero-order valence-electron chi connectivity index (χ0n) is 15.0. The number of carbonyl (C=O) groups excluding carboxylic acids is 2. The second kappa shape index (κ2) is 6.16. The Morgan fingerprint density at radius 2 is 2.16 bits per heavy atom. The minimum Gasteiger partial charge on any atom is -0.371 e. The topological polar surface area (TPSA) is 63.6 Å². The third-order valence-electron chi connectivity index (χ3n) is 6.21. The molecule has 1 N–H and O–H groups in total. The van der Waals surface area contributed by atoms with Gasteiger partial charge >= 0.3 is 0 Å². The normalized spacial score (nSPS) is 29.5. The van der Waals surface area contributed by atoms with Gasteiger partial charge in [0, 0.05) is 32.3 Å². The van der Waals surface area contributed by atoms with Gasteiger partial charge in [0.05, 0.1) is 13.1 Å². The number of aryl methyl sites for hydroxylation is 1. The fraction of sp³-hybridized carbons (Fsp3) is 0.684. The van der Waals surface area contributed by atoms with E-state index in [0.29, 0.717) is 30.0 Å². The number of hydrogen-bond donors (Lipinski definition) is 1. The van der Waals surface area contributed by atoms with E-state index < -0.39 is 0 Å². The molecule has 1 aliphatic carbocycles. The molecule has 3 heterocycles. The van der Waals surface area contributed by atoms with Gasteiger partial charge in [-0.25, -0.2) is 0 Å². The summed E-state index contributed by atoms with van der Waals surface area (Å²) in [4.78, 5) is 26.5. The van der Waals surface area contributed by atoms with E-state index in [2.05, 4.69) is 12.2 Å². The summed E-state index contributed by atoms with van der Waals surface area (Å²) in [5, 5.41) is 3.01. The molecule has 1 spiro atoms. The molecular formula is C19H27N3O3. The zero-order valence-corrected chi connectivity index (χ0v) is 15.0. The maximum Gasteiger partial charge on any atom is 0.267 e. The van der Waals surface area contributed by atoms with Crippen molar-refractivity contribution in [1.29, 1.82) is 0 Å². The van der Waals surface area contributed by atoms with E-state index in [1.165, 1.54) is 0 Å². The molecule has 1 aromatic heterocycles. The second-order valence-corrected chi connectivity index (χ2v) is 7.96. The zero-order chi connectivity index (χ0) is 17.6. The molecule has 3 aliphatic rings. The Kier molecular flexibility index (Phi) is 4.10. The SMILES string of the molecule is C[C@@H]1C[C@@H]1C(=O)N1CC2(C1)OCC[C@@H]2CCNC(=O)c1cccn1C. The van der Waals surface area contributed by atoms with Crippen molar-refractivity contribution in [1.82, 2.24) is 14.8 Å². The van der Waals surface area contributed by atoms with Gasteiger partial charge in [-0.15, -0.1) is 0 Å². The summed E-state index contributed by atoms with van der Waals surface area (Å²) in [5.41, 5.74) is 0.514. The van der Waals surface area contributed by atoms with E-state index in [-0.39, 0.29) is 17.4 Å². The number of nitrogens with one attached hydrogen (secondary N) is 1. The number of carbonyl (C=O) groups is 2. The molecule has 3 atom stereocenters. The van der Waals surface area contributed by atoms with Crippen LogP contribution in [0.25, 0.3) is 0 Å². The van der Waals surface area contributed by atoms with Crippen LogP contribution in [-0.4, -0.2) is 53.1 Å². The predicted molar refractivity (Wildman–Crippen MR) is 93.0 cm³/mol. The van der Waals surface area contributed by atoms with Gasteiger partial charge in [0.2, 0.25) is 5.91 Å². The molecule has 1 aromatic rings. The molecular weight excluding hydrogens is 318 g/mol. The average Bonchev–Trinajstić information content (AvgIpc) is 2.95. The van der Waals surface area contributed by atoms with Crippen molar-refractivity contribution in [2.75, 3.05) is 26.2 Å². The molecule has 2 amide bonds. The molecule has 0 radical (unpaired) electrons. The van der Waals surface area contributed by atoms with Crippen LogP contribution in [0, 0.1) is 17.8 Å². The lowest BCUT2D eigenvalue weighted by Gasteiger charge is -2.50. The number of aromatic nitrogens is 1. The van der Waals surface area contributed by atoms with E-state index in [9.17, 15) is 9.59 Å². The molecule has 0 aromatic carbocycles. The largest absolute Gasteiger partial charge is 0.371 e. The highest BCUT2D eigenvalue weighted by Crippen LogP contribution is 2.45. The third-order valence-corrected chi connectivity index (χ3v) is 6.21. The quantitative estimate of drug-likeness (QED) is 0.878. The number of hydrogen-bond acceptors (Lipinski definition) is 3. The van der Waals surface area contributed by atoms with E-state index in [0.717, 1.165) is 39.0 Å². The summed E-state index contributed by atoms with van der Waals surface area (Å²) in [6.07, 6.45) is 4.83. The molecule has 136 valence electrons. The van der Waals surface area contributed by atoms with Gasteiger partial charge in [0.1, 0.15) is 11.3 Å². The first kappa shape index (κ1) is 16.6. The number of rotatable bonds is 5. The van der Waals surface area contributed by atoms with Gasteiger partial charge in [-0.3, -0.25) is 9.59 Å². The Morgan fingerprint density at radius 3 is 2.80 bits per heavy atom. The molecule has 1 saturated carbocycles. The number of nitrogens with zero attached hydrogens (tertiary/aromatic N) is 2. The fourth-order valence-corrected chi connectivity index (χ4v) is 4.35. The van der Waals surface area contributed by atoms with E-state index in [1.54, 1.807) is 0 Å². The van der Waals surface area contributed by atoms with E-state index in [1.807, 2.05) is 34.8 Å². The first-order valence-corrected chi connectivity index (χ1v) is 9.32. The Morgan fingerprint density at radius 1 is 1.40 bits per heavy atom. The van der Waals surface area contributed by atoms with Crippen molar-refractivity contribution in [3.63, 3.8) is 0 Å². The molecule has 6 nitrogen and oxygen atoms in total. The Labute approximate surface area is 148 Å². The standard InChI is InChI=1S/C19H27N3O3/c1-13-10-15(13)18(24)22-11-19(12-22)14(6-9-25-19)5-7-20-17(23)16-4-3-8-21(16)2/h3-4,8,13-15H,5-7,9-12H2,1-2H3,(H,20,23)/t13-,14+,15+/m1/s1. The van der Waals surface area contributed by atoms with Crippen LogP contribution in [0.1, 0.15) is 36.7 Å². The van der Waals surface area contributed by atoms with Crippen LogP contribution in [0.3, 0.4) is 0 Å². The lowest BCUT2D eigenvalue weighted by molar-refractivity contribution is -0.166. The summed E-state index contributed by atoms with van der Waals surface area (Å²) in [6, 6.07) is 3.69. The second-order valence-electron chi connectivity index (χ2n) is 7.96. The summed E-state index contributed by atoms with van der Waals surface area (Å²) in [7, 11) is 1.87. The third kappa shape index (κ3) is 2.97. The molecule has 2 aliphatic heterocycles. The highest BCUT2D eigenvalue weighted by atomic mass is 16.5. The van der Waals surface area contributed by atoms with Crippen LogP contribution in [0.2, 0.25) is 0 Å². The fourth-order valence-electron chi connectivity index (χ4n) is 4.35. The number of ether oxygens (including phenoxy) is 1. The minimum absolute atomic E-state index is 0.0337. The van der Waals surface area contributed by atoms with Crippen LogP contribution in [0.5, 0.6) is 0 Å². The van der Waals surface area contributed by atoms with Gasteiger partial charge in [-0.2, -0.15) is 0 Å². The lowest BCUT2D eigenvalue weighted by Crippen LogP contribution is -2.66. The molecule has 25 heavy (non-hydrogen) atoms. The summed E-state index contributed by atoms with van der Waals surface area (Å²) >= 11 is 0. The van der Waals surface area contributed by atoms with Crippen LogP contribution in [0.4, 0.5) is 0 Å². The van der Waals surface area contributed by atoms with Gasteiger partial charge in [0.15, 0.2) is 0 Å². The monoisotopic (exact) mass is 345 g/mol. The number of amides is 2. The Hall–Kier alpha value is -1.82. The average molecular weight is 345 g/mol. The van der Waals surface area contributed by atoms with Gasteiger partial charge in [-0.1, -0.05) is 6.92 Å². The van der Waals surface area contributed by atoms with Gasteiger partial charge in [-0.05, 0) is 43.2 Å². The van der Waals surface area contributed by atoms with Crippen LogP contribution < -0.4 is 5.32 Å². The van der Waals surface area contributed by atoms with E-state index in [4.69, 9.17) is 4.74 Å². The Balaban J connectivity index is 1.26. The summed E-state index contributed by atoms with van der Waals surface area (Å²) < 4.78 is 7.86. The first-order valence-electron chi connectivity index (χ1n) is 9.32. The number of likely N-dealkylation sites (tertiary alicyclic amines) is 1. The molecule has 3 fully saturated rings. The van der Waals surface area contributed by atoms with Crippen LogP contribution in [-0.2, 0) is 16.6 Å². The van der Waals surface area contributed by atoms with Crippen molar-refractivity contribution < 1.29 is 14.3 Å². The minimum atomic E-state index is -0.163.